The summed E-state index contributed by atoms with van der Waals surface area (Å²) in [5, 5.41) is 5.65. The van der Waals surface area contributed by atoms with E-state index in [9.17, 15) is 4.79 Å². The zero-order valence-corrected chi connectivity index (χ0v) is 11.3. The van der Waals surface area contributed by atoms with Gasteiger partial charge in [0.2, 0.25) is 5.95 Å². The summed E-state index contributed by atoms with van der Waals surface area (Å²) in [5.41, 5.74) is 0. The Morgan fingerprint density at radius 3 is 2.63 bits per heavy atom. The van der Waals surface area contributed by atoms with E-state index in [1.54, 1.807) is 12.4 Å². The summed E-state index contributed by atoms with van der Waals surface area (Å²) in [6.45, 7) is 5.22. The Kier molecular flexibility index (Phi) is 4.94. The Morgan fingerprint density at radius 2 is 2.00 bits per heavy atom. The maximum absolute atomic E-state index is 11.3. The molecule has 6 heteroatoms. The molecule has 0 unspecified atom stereocenters. The molecule has 1 aliphatic rings. The van der Waals surface area contributed by atoms with Crippen molar-refractivity contribution < 1.29 is 4.79 Å². The molecule has 0 spiro atoms. The molecule has 2 rings (SSSR count). The van der Waals surface area contributed by atoms with Gasteiger partial charge in [-0.3, -0.25) is 0 Å². The lowest BCUT2D eigenvalue weighted by Gasteiger charge is -2.31. The van der Waals surface area contributed by atoms with Crippen LogP contribution in [0.4, 0.5) is 10.7 Å². The number of piperidine rings is 1. The van der Waals surface area contributed by atoms with E-state index in [1.807, 2.05) is 13.0 Å². The van der Waals surface area contributed by atoms with E-state index in [0.29, 0.717) is 12.5 Å². The minimum atomic E-state index is -0.0728. The van der Waals surface area contributed by atoms with E-state index in [1.165, 1.54) is 0 Å². The number of nitrogens with one attached hydrogen (secondary N) is 2. The predicted octanol–water partition coefficient (Wildman–Crippen LogP) is 1.01. The van der Waals surface area contributed by atoms with Crippen LogP contribution >= 0.6 is 0 Å². The molecule has 0 radical (unpaired) electrons. The fraction of sp³-hybridized carbons (Fsp3) is 0.615. The Labute approximate surface area is 113 Å². The molecule has 1 saturated heterocycles. The summed E-state index contributed by atoms with van der Waals surface area (Å²) in [6.07, 6.45) is 5.66. The standard InChI is InChI=1S/C13H21N5O/c1-2-14-13(19)17-10-11-4-8-18(9-5-11)12-15-6-3-7-16-12/h3,6-7,11H,2,4-5,8-10H2,1H3,(H2,14,17,19). The van der Waals surface area contributed by atoms with Gasteiger partial charge in [-0.05, 0) is 31.7 Å². The van der Waals surface area contributed by atoms with Gasteiger partial charge in [0.15, 0.2) is 0 Å². The number of hydrogen-bond acceptors (Lipinski definition) is 4. The lowest BCUT2D eigenvalue weighted by atomic mass is 9.97. The van der Waals surface area contributed by atoms with Gasteiger partial charge in [-0.25, -0.2) is 14.8 Å². The van der Waals surface area contributed by atoms with Gasteiger partial charge in [-0.2, -0.15) is 0 Å². The van der Waals surface area contributed by atoms with Gasteiger partial charge in [0.1, 0.15) is 0 Å². The normalized spacial score (nSPS) is 16.2. The lowest BCUT2D eigenvalue weighted by molar-refractivity contribution is 0.238. The first-order valence-corrected chi connectivity index (χ1v) is 6.83. The molecule has 104 valence electrons. The summed E-state index contributed by atoms with van der Waals surface area (Å²) in [5.74, 6) is 1.35. The maximum Gasteiger partial charge on any atom is 0.314 e. The van der Waals surface area contributed by atoms with Crippen molar-refractivity contribution in [2.45, 2.75) is 19.8 Å². The molecular formula is C13H21N5O. The zero-order chi connectivity index (χ0) is 13.5. The highest BCUT2D eigenvalue weighted by molar-refractivity contribution is 5.73. The summed E-state index contributed by atoms with van der Waals surface area (Å²) in [7, 11) is 0. The molecule has 1 aromatic heterocycles. The van der Waals surface area contributed by atoms with E-state index in [2.05, 4.69) is 25.5 Å². The molecule has 1 fully saturated rings. The topological polar surface area (TPSA) is 70.2 Å². The van der Waals surface area contributed by atoms with Crippen molar-refractivity contribution in [3.05, 3.63) is 18.5 Å². The molecule has 1 aromatic rings. The SMILES string of the molecule is CCNC(=O)NCC1CCN(c2ncccn2)CC1. The van der Waals surface area contributed by atoms with Gasteiger partial charge in [-0.15, -0.1) is 0 Å². The molecule has 0 atom stereocenters. The monoisotopic (exact) mass is 263 g/mol. The second-order valence-electron chi connectivity index (χ2n) is 4.72. The van der Waals surface area contributed by atoms with Gasteiger partial charge in [-0.1, -0.05) is 0 Å². The Morgan fingerprint density at radius 1 is 1.32 bits per heavy atom. The molecule has 2 heterocycles. The Bertz CT molecular complexity index is 389. The second kappa shape index (κ2) is 6.92. The first-order chi connectivity index (χ1) is 9.29. The molecule has 1 aliphatic heterocycles. The van der Waals surface area contributed by atoms with Gasteiger partial charge in [0, 0.05) is 38.6 Å². The number of aromatic nitrogens is 2. The fourth-order valence-corrected chi connectivity index (χ4v) is 2.25. The van der Waals surface area contributed by atoms with Gasteiger partial charge in [0.25, 0.3) is 0 Å². The lowest BCUT2D eigenvalue weighted by Crippen LogP contribution is -2.42. The summed E-state index contributed by atoms with van der Waals surface area (Å²) in [6, 6.07) is 1.75. The van der Waals surface area contributed by atoms with Crippen LogP contribution in [0.1, 0.15) is 19.8 Å². The van der Waals surface area contributed by atoms with Gasteiger partial charge >= 0.3 is 6.03 Å². The maximum atomic E-state index is 11.3. The summed E-state index contributed by atoms with van der Waals surface area (Å²) < 4.78 is 0. The van der Waals surface area contributed by atoms with Crippen LogP contribution in [0.2, 0.25) is 0 Å². The van der Waals surface area contributed by atoms with Crippen LogP contribution in [-0.2, 0) is 0 Å². The van der Waals surface area contributed by atoms with Crippen LogP contribution in [-0.4, -0.2) is 42.2 Å². The van der Waals surface area contributed by atoms with Crippen molar-refractivity contribution >= 4 is 12.0 Å². The van der Waals surface area contributed by atoms with Crippen molar-refractivity contribution in [1.82, 2.24) is 20.6 Å². The van der Waals surface area contributed by atoms with Crippen LogP contribution < -0.4 is 15.5 Å². The van der Waals surface area contributed by atoms with Crippen molar-refractivity contribution in [3.63, 3.8) is 0 Å². The van der Waals surface area contributed by atoms with Crippen LogP contribution in [0, 0.1) is 5.92 Å². The van der Waals surface area contributed by atoms with Crippen molar-refractivity contribution in [3.8, 4) is 0 Å². The number of amides is 2. The number of hydrogen-bond donors (Lipinski definition) is 2. The van der Waals surface area contributed by atoms with Gasteiger partial charge in [0.05, 0.1) is 0 Å². The highest BCUT2D eigenvalue weighted by Crippen LogP contribution is 2.19. The molecule has 0 bridgehead atoms. The highest BCUT2D eigenvalue weighted by atomic mass is 16.2. The van der Waals surface area contributed by atoms with Crippen LogP contribution in [0.5, 0.6) is 0 Å². The molecule has 0 saturated carbocycles. The third-order valence-corrected chi connectivity index (χ3v) is 3.34. The molecule has 19 heavy (non-hydrogen) atoms. The van der Waals surface area contributed by atoms with Gasteiger partial charge < -0.3 is 15.5 Å². The third kappa shape index (κ3) is 4.08. The minimum absolute atomic E-state index is 0.0728. The number of anilines is 1. The van der Waals surface area contributed by atoms with E-state index in [0.717, 1.165) is 38.4 Å². The molecular weight excluding hydrogens is 242 g/mol. The predicted molar refractivity (Wildman–Crippen MR) is 74.0 cm³/mol. The van der Waals surface area contributed by atoms with Crippen LogP contribution in [0.15, 0.2) is 18.5 Å². The average molecular weight is 263 g/mol. The smallest absolute Gasteiger partial charge is 0.314 e. The Hall–Kier alpha value is -1.85. The highest BCUT2D eigenvalue weighted by Gasteiger charge is 2.20. The fourth-order valence-electron chi connectivity index (χ4n) is 2.25. The second-order valence-corrected chi connectivity index (χ2v) is 4.72. The van der Waals surface area contributed by atoms with Crippen molar-refractivity contribution in [1.29, 1.82) is 0 Å². The summed E-state index contributed by atoms with van der Waals surface area (Å²) in [4.78, 5) is 22.0. The molecule has 6 nitrogen and oxygen atoms in total. The molecule has 2 amide bonds. The van der Waals surface area contributed by atoms with Crippen LogP contribution in [0.25, 0.3) is 0 Å². The zero-order valence-electron chi connectivity index (χ0n) is 11.3. The summed E-state index contributed by atoms with van der Waals surface area (Å²) >= 11 is 0. The number of carbonyl (C=O) groups excluding carboxylic acids is 1. The average Bonchev–Trinajstić information content (AvgIpc) is 2.47. The number of rotatable bonds is 4. The molecule has 0 aromatic carbocycles. The first kappa shape index (κ1) is 13.6. The van der Waals surface area contributed by atoms with Crippen molar-refractivity contribution in [2.75, 3.05) is 31.1 Å². The van der Waals surface area contributed by atoms with Crippen molar-refractivity contribution in [2.24, 2.45) is 5.92 Å². The van der Waals surface area contributed by atoms with E-state index < -0.39 is 0 Å². The van der Waals surface area contributed by atoms with Crippen LogP contribution in [0.3, 0.4) is 0 Å². The van der Waals surface area contributed by atoms with E-state index in [-0.39, 0.29) is 6.03 Å². The minimum Gasteiger partial charge on any atom is -0.341 e. The largest absolute Gasteiger partial charge is 0.341 e. The number of carbonyl (C=O) groups is 1. The number of nitrogens with zero attached hydrogens (tertiary/aromatic N) is 3. The molecule has 2 N–H and O–H groups in total. The Balaban J connectivity index is 1.72. The quantitative estimate of drug-likeness (QED) is 0.850. The molecule has 0 aliphatic carbocycles. The van der Waals surface area contributed by atoms with E-state index >= 15 is 0 Å². The van der Waals surface area contributed by atoms with E-state index in [4.69, 9.17) is 0 Å². The third-order valence-electron chi connectivity index (χ3n) is 3.34. The first-order valence-electron chi connectivity index (χ1n) is 6.83. The number of urea groups is 1.